The van der Waals surface area contributed by atoms with E-state index >= 15 is 0 Å². The summed E-state index contributed by atoms with van der Waals surface area (Å²) in [6, 6.07) is 6.09. The molecule has 7 heteroatoms. The first kappa shape index (κ1) is 16.4. The SMILES string of the molecule is CCC(=O)Oc1ccc(=O)n(CCNC(=O)c2cccnc2)c1. The summed E-state index contributed by atoms with van der Waals surface area (Å²) >= 11 is 0. The van der Waals surface area contributed by atoms with E-state index in [1.165, 1.54) is 29.1 Å². The maximum absolute atomic E-state index is 11.9. The fourth-order valence-corrected chi connectivity index (χ4v) is 1.84. The number of esters is 1. The molecule has 0 radical (unpaired) electrons. The standard InChI is InChI=1S/C16H17N3O4/c1-2-15(21)23-13-5-6-14(20)19(11-13)9-8-18-16(22)12-4-3-7-17-10-12/h3-7,10-11H,2,8-9H2,1H3,(H,18,22). The number of nitrogens with one attached hydrogen (secondary N) is 1. The van der Waals surface area contributed by atoms with Gasteiger partial charge < -0.3 is 14.6 Å². The van der Waals surface area contributed by atoms with Gasteiger partial charge in [0.2, 0.25) is 0 Å². The lowest BCUT2D eigenvalue weighted by Gasteiger charge is -2.09. The monoisotopic (exact) mass is 315 g/mol. The molecule has 2 rings (SSSR count). The van der Waals surface area contributed by atoms with Gasteiger partial charge >= 0.3 is 5.97 Å². The van der Waals surface area contributed by atoms with Gasteiger partial charge in [0.25, 0.3) is 11.5 Å². The molecule has 1 N–H and O–H groups in total. The minimum atomic E-state index is -0.375. The minimum Gasteiger partial charge on any atom is -0.425 e. The number of hydrogen-bond acceptors (Lipinski definition) is 5. The third-order valence-electron chi connectivity index (χ3n) is 3.04. The molecule has 2 aromatic rings. The zero-order valence-corrected chi connectivity index (χ0v) is 12.7. The highest BCUT2D eigenvalue weighted by Gasteiger charge is 2.06. The summed E-state index contributed by atoms with van der Waals surface area (Å²) in [6.07, 6.45) is 4.75. The summed E-state index contributed by atoms with van der Waals surface area (Å²) in [7, 11) is 0. The summed E-state index contributed by atoms with van der Waals surface area (Å²) in [5.74, 6) is -0.338. The van der Waals surface area contributed by atoms with Gasteiger partial charge in [-0.25, -0.2) is 0 Å². The largest absolute Gasteiger partial charge is 0.425 e. The van der Waals surface area contributed by atoms with Crippen molar-refractivity contribution in [3.05, 3.63) is 58.8 Å². The first-order valence-electron chi connectivity index (χ1n) is 7.19. The van der Waals surface area contributed by atoms with Gasteiger partial charge in [0.05, 0.1) is 11.8 Å². The number of rotatable bonds is 6. The number of ether oxygens (including phenoxy) is 1. The number of pyridine rings is 2. The molecular weight excluding hydrogens is 298 g/mol. The molecule has 0 aliphatic rings. The number of aromatic nitrogens is 2. The average Bonchev–Trinajstić information content (AvgIpc) is 2.58. The van der Waals surface area contributed by atoms with Crippen molar-refractivity contribution in [1.29, 1.82) is 0 Å². The minimum absolute atomic E-state index is 0.239. The summed E-state index contributed by atoms with van der Waals surface area (Å²) in [4.78, 5) is 38.8. The van der Waals surface area contributed by atoms with Crippen LogP contribution >= 0.6 is 0 Å². The zero-order chi connectivity index (χ0) is 16.7. The van der Waals surface area contributed by atoms with Gasteiger partial charge in [-0.2, -0.15) is 0 Å². The number of nitrogens with zero attached hydrogens (tertiary/aromatic N) is 2. The third kappa shape index (κ3) is 4.77. The van der Waals surface area contributed by atoms with E-state index in [1.807, 2.05) is 0 Å². The van der Waals surface area contributed by atoms with Gasteiger partial charge in [-0.3, -0.25) is 19.4 Å². The predicted octanol–water partition coefficient (Wildman–Crippen LogP) is 0.989. The smallest absolute Gasteiger partial charge is 0.310 e. The lowest BCUT2D eigenvalue weighted by atomic mass is 10.3. The van der Waals surface area contributed by atoms with Crippen LogP contribution in [0.3, 0.4) is 0 Å². The maximum Gasteiger partial charge on any atom is 0.310 e. The molecule has 2 heterocycles. The molecule has 23 heavy (non-hydrogen) atoms. The van der Waals surface area contributed by atoms with Crippen molar-refractivity contribution in [3.8, 4) is 5.75 Å². The second-order valence-electron chi connectivity index (χ2n) is 4.72. The lowest BCUT2D eigenvalue weighted by Crippen LogP contribution is -2.30. The quantitative estimate of drug-likeness (QED) is 0.803. The highest BCUT2D eigenvalue weighted by Crippen LogP contribution is 2.07. The maximum atomic E-state index is 11.9. The van der Waals surface area contributed by atoms with Gasteiger partial charge in [-0.1, -0.05) is 6.92 Å². The van der Waals surface area contributed by atoms with Crippen molar-refractivity contribution in [2.45, 2.75) is 19.9 Å². The van der Waals surface area contributed by atoms with Crippen molar-refractivity contribution >= 4 is 11.9 Å². The number of carbonyl (C=O) groups is 2. The van der Waals surface area contributed by atoms with Gasteiger partial charge in [0, 0.05) is 38.0 Å². The van der Waals surface area contributed by atoms with Crippen molar-refractivity contribution in [2.75, 3.05) is 6.54 Å². The Hall–Kier alpha value is -2.96. The average molecular weight is 315 g/mol. The van der Waals surface area contributed by atoms with Crippen LogP contribution in [0.1, 0.15) is 23.7 Å². The number of amides is 1. The Morgan fingerprint density at radius 1 is 1.30 bits per heavy atom. The molecule has 0 spiro atoms. The van der Waals surface area contributed by atoms with Gasteiger partial charge in [0.1, 0.15) is 5.75 Å². The molecule has 0 saturated heterocycles. The van der Waals surface area contributed by atoms with E-state index in [0.29, 0.717) is 11.3 Å². The molecule has 7 nitrogen and oxygen atoms in total. The van der Waals surface area contributed by atoms with Crippen molar-refractivity contribution < 1.29 is 14.3 Å². The van der Waals surface area contributed by atoms with E-state index in [9.17, 15) is 14.4 Å². The second kappa shape index (κ2) is 7.88. The predicted molar refractivity (Wildman–Crippen MR) is 83.2 cm³/mol. The lowest BCUT2D eigenvalue weighted by molar-refractivity contribution is -0.134. The van der Waals surface area contributed by atoms with Crippen molar-refractivity contribution in [3.63, 3.8) is 0 Å². The van der Waals surface area contributed by atoms with Gasteiger partial charge in [-0.15, -0.1) is 0 Å². The van der Waals surface area contributed by atoms with Crippen LogP contribution in [0.4, 0.5) is 0 Å². The van der Waals surface area contributed by atoms with Crippen LogP contribution in [0.5, 0.6) is 5.75 Å². The summed E-state index contributed by atoms with van der Waals surface area (Å²) < 4.78 is 6.44. The highest BCUT2D eigenvalue weighted by molar-refractivity contribution is 5.93. The summed E-state index contributed by atoms with van der Waals surface area (Å²) in [5.41, 5.74) is 0.211. The topological polar surface area (TPSA) is 90.3 Å². The Kier molecular flexibility index (Phi) is 5.62. The van der Waals surface area contributed by atoms with E-state index in [2.05, 4.69) is 10.3 Å². The van der Waals surface area contributed by atoms with Crippen LogP contribution in [0.2, 0.25) is 0 Å². The molecule has 120 valence electrons. The first-order valence-corrected chi connectivity index (χ1v) is 7.19. The molecule has 0 atom stereocenters. The van der Waals surface area contributed by atoms with Crippen molar-refractivity contribution in [2.24, 2.45) is 0 Å². The van der Waals surface area contributed by atoms with E-state index in [0.717, 1.165) is 0 Å². The first-order chi connectivity index (χ1) is 11.1. The molecule has 2 aromatic heterocycles. The third-order valence-corrected chi connectivity index (χ3v) is 3.04. The van der Waals surface area contributed by atoms with E-state index in [4.69, 9.17) is 4.74 Å². The van der Waals surface area contributed by atoms with Crippen LogP contribution in [0, 0.1) is 0 Å². The second-order valence-corrected chi connectivity index (χ2v) is 4.72. The fraction of sp³-hybridized carbons (Fsp3) is 0.250. The zero-order valence-electron chi connectivity index (χ0n) is 12.7. The molecule has 0 aliphatic heterocycles. The van der Waals surface area contributed by atoms with E-state index in [-0.39, 0.29) is 36.9 Å². The molecular formula is C16H17N3O4. The molecule has 0 aliphatic carbocycles. The Morgan fingerprint density at radius 3 is 2.83 bits per heavy atom. The highest BCUT2D eigenvalue weighted by atomic mass is 16.5. The van der Waals surface area contributed by atoms with E-state index in [1.54, 1.807) is 25.3 Å². The molecule has 0 bridgehead atoms. The normalized spacial score (nSPS) is 10.1. The van der Waals surface area contributed by atoms with Gasteiger partial charge in [-0.05, 0) is 18.2 Å². The Labute approximate surface area is 132 Å². The number of hydrogen-bond donors (Lipinski definition) is 1. The Morgan fingerprint density at radius 2 is 2.13 bits per heavy atom. The van der Waals surface area contributed by atoms with Crippen LogP contribution < -0.4 is 15.6 Å². The van der Waals surface area contributed by atoms with Crippen LogP contribution in [-0.2, 0) is 11.3 Å². The summed E-state index contributed by atoms with van der Waals surface area (Å²) in [6.45, 7) is 2.22. The van der Waals surface area contributed by atoms with Gasteiger partial charge in [0.15, 0.2) is 0 Å². The van der Waals surface area contributed by atoms with Crippen molar-refractivity contribution in [1.82, 2.24) is 14.9 Å². The number of carbonyl (C=O) groups excluding carboxylic acids is 2. The van der Waals surface area contributed by atoms with Crippen LogP contribution in [0.15, 0.2) is 47.7 Å². The fourth-order valence-electron chi connectivity index (χ4n) is 1.84. The molecule has 0 aromatic carbocycles. The van der Waals surface area contributed by atoms with E-state index < -0.39 is 0 Å². The Bertz CT molecular complexity index is 740. The molecule has 0 fully saturated rings. The molecule has 0 unspecified atom stereocenters. The van der Waals surface area contributed by atoms with Crippen LogP contribution in [-0.4, -0.2) is 28.0 Å². The van der Waals surface area contributed by atoms with Crippen LogP contribution in [0.25, 0.3) is 0 Å². The Balaban J connectivity index is 1.95. The molecule has 0 saturated carbocycles. The molecule has 1 amide bonds. The summed E-state index contributed by atoms with van der Waals surface area (Å²) in [5, 5.41) is 2.70.